The van der Waals surface area contributed by atoms with Crippen molar-refractivity contribution in [1.29, 1.82) is 0 Å². The molecule has 3 aromatic rings. The van der Waals surface area contributed by atoms with E-state index in [0.717, 1.165) is 11.3 Å². The van der Waals surface area contributed by atoms with E-state index in [0.29, 0.717) is 5.82 Å². The van der Waals surface area contributed by atoms with Crippen molar-refractivity contribution in [3.8, 4) is 11.4 Å². The Hall–Kier alpha value is -3.02. The quantitative estimate of drug-likeness (QED) is 0.792. The average Bonchev–Trinajstić information content (AvgIpc) is 2.97. The van der Waals surface area contributed by atoms with Gasteiger partial charge in [0.1, 0.15) is 6.54 Å². The minimum atomic E-state index is -0.196. The van der Waals surface area contributed by atoms with Crippen LogP contribution in [0, 0.1) is 0 Å². The number of carbonyl (C=O) groups excluding carboxylic acids is 1. The van der Waals surface area contributed by atoms with Crippen LogP contribution in [0.25, 0.3) is 11.4 Å². The molecule has 104 valence electrons. The Morgan fingerprint density at radius 3 is 2.38 bits per heavy atom. The van der Waals surface area contributed by atoms with Gasteiger partial charge in [-0.3, -0.25) is 4.79 Å². The maximum atomic E-state index is 11.9. The monoisotopic (exact) mass is 279 g/mol. The lowest BCUT2D eigenvalue weighted by Gasteiger charge is -2.03. The highest BCUT2D eigenvalue weighted by Crippen LogP contribution is 2.11. The number of nitrogens with zero attached hydrogens (tertiary/aromatic N) is 4. The number of rotatable bonds is 4. The summed E-state index contributed by atoms with van der Waals surface area (Å²) in [5, 5.41) is 14.8. The van der Waals surface area contributed by atoms with E-state index in [1.165, 1.54) is 4.80 Å². The summed E-state index contributed by atoms with van der Waals surface area (Å²) in [5.74, 6) is 0.307. The topological polar surface area (TPSA) is 72.7 Å². The van der Waals surface area contributed by atoms with Gasteiger partial charge in [0, 0.05) is 11.3 Å². The molecule has 1 N–H and O–H groups in total. The second kappa shape index (κ2) is 5.96. The molecule has 0 aliphatic heterocycles. The highest BCUT2D eigenvalue weighted by Gasteiger charge is 2.09. The summed E-state index contributed by atoms with van der Waals surface area (Å²) in [6.45, 7) is 0.0225. The first-order chi connectivity index (χ1) is 10.3. The van der Waals surface area contributed by atoms with Gasteiger partial charge in [-0.1, -0.05) is 48.5 Å². The van der Waals surface area contributed by atoms with Crippen molar-refractivity contribution in [2.45, 2.75) is 6.54 Å². The van der Waals surface area contributed by atoms with Crippen LogP contribution in [-0.2, 0) is 11.3 Å². The maximum absolute atomic E-state index is 11.9. The molecule has 0 atom stereocenters. The molecule has 3 rings (SSSR count). The molecular weight excluding hydrogens is 266 g/mol. The molecule has 0 radical (unpaired) electrons. The zero-order valence-corrected chi connectivity index (χ0v) is 11.2. The van der Waals surface area contributed by atoms with Gasteiger partial charge in [-0.2, -0.15) is 4.80 Å². The zero-order chi connectivity index (χ0) is 14.5. The van der Waals surface area contributed by atoms with Crippen LogP contribution >= 0.6 is 0 Å². The highest BCUT2D eigenvalue weighted by molar-refractivity contribution is 5.90. The lowest BCUT2D eigenvalue weighted by molar-refractivity contribution is -0.117. The number of amides is 1. The van der Waals surface area contributed by atoms with Crippen molar-refractivity contribution in [3.63, 3.8) is 0 Å². The van der Waals surface area contributed by atoms with Gasteiger partial charge >= 0.3 is 0 Å². The molecule has 0 saturated carbocycles. The molecule has 6 heteroatoms. The summed E-state index contributed by atoms with van der Waals surface area (Å²) in [5.41, 5.74) is 1.61. The molecule has 6 nitrogen and oxygen atoms in total. The fourth-order valence-corrected chi connectivity index (χ4v) is 1.86. The van der Waals surface area contributed by atoms with Crippen LogP contribution in [0.5, 0.6) is 0 Å². The number of aromatic nitrogens is 4. The molecular formula is C15H13N5O. The number of hydrogen-bond donors (Lipinski definition) is 1. The van der Waals surface area contributed by atoms with E-state index in [4.69, 9.17) is 0 Å². The van der Waals surface area contributed by atoms with Crippen LogP contribution in [0.15, 0.2) is 60.7 Å². The molecule has 0 fully saturated rings. The van der Waals surface area contributed by atoms with E-state index in [1.807, 2.05) is 60.7 Å². The predicted octanol–water partition coefficient (Wildman–Crippen LogP) is 1.98. The Morgan fingerprint density at radius 2 is 1.67 bits per heavy atom. The fraction of sp³-hybridized carbons (Fsp3) is 0.0667. The van der Waals surface area contributed by atoms with Crippen molar-refractivity contribution in [1.82, 2.24) is 20.2 Å². The van der Waals surface area contributed by atoms with E-state index in [2.05, 4.69) is 20.7 Å². The minimum absolute atomic E-state index is 0.0225. The molecule has 0 bridgehead atoms. The third-order valence-corrected chi connectivity index (χ3v) is 2.83. The number of anilines is 1. The normalized spacial score (nSPS) is 10.3. The number of nitrogens with one attached hydrogen (secondary N) is 1. The van der Waals surface area contributed by atoms with Gasteiger partial charge in [-0.05, 0) is 17.3 Å². The maximum Gasteiger partial charge on any atom is 0.248 e. The first kappa shape index (κ1) is 13.0. The summed E-state index contributed by atoms with van der Waals surface area (Å²) in [6, 6.07) is 18.8. The Labute approximate surface area is 121 Å². The third-order valence-electron chi connectivity index (χ3n) is 2.83. The summed E-state index contributed by atoms with van der Waals surface area (Å²) in [7, 11) is 0. The number of para-hydroxylation sites is 1. The number of tetrazole rings is 1. The van der Waals surface area contributed by atoms with Crippen LogP contribution in [0.1, 0.15) is 0 Å². The lowest BCUT2D eigenvalue weighted by Crippen LogP contribution is -2.20. The van der Waals surface area contributed by atoms with Crippen LogP contribution in [-0.4, -0.2) is 26.1 Å². The van der Waals surface area contributed by atoms with Crippen LogP contribution in [0.2, 0.25) is 0 Å². The molecule has 1 amide bonds. The molecule has 2 aromatic carbocycles. The molecule has 1 heterocycles. The fourth-order valence-electron chi connectivity index (χ4n) is 1.86. The Bertz CT molecular complexity index is 724. The second-order valence-electron chi connectivity index (χ2n) is 4.42. The zero-order valence-electron chi connectivity index (χ0n) is 11.2. The molecule has 1 aromatic heterocycles. The average molecular weight is 279 g/mol. The second-order valence-corrected chi connectivity index (χ2v) is 4.42. The first-order valence-corrected chi connectivity index (χ1v) is 6.49. The van der Waals surface area contributed by atoms with Crippen molar-refractivity contribution in [2.24, 2.45) is 0 Å². The van der Waals surface area contributed by atoms with E-state index < -0.39 is 0 Å². The van der Waals surface area contributed by atoms with E-state index in [-0.39, 0.29) is 12.5 Å². The van der Waals surface area contributed by atoms with Crippen molar-refractivity contribution in [2.75, 3.05) is 5.32 Å². The van der Waals surface area contributed by atoms with E-state index in [9.17, 15) is 4.79 Å². The molecule has 0 spiro atoms. The van der Waals surface area contributed by atoms with Crippen LogP contribution < -0.4 is 5.32 Å². The molecule has 21 heavy (non-hydrogen) atoms. The highest BCUT2D eigenvalue weighted by atomic mass is 16.2. The van der Waals surface area contributed by atoms with Crippen LogP contribution in [0.3, 0.4) is 0 Å². The van der Waals surface area contributed by atoms with Crippen LogP contribution in [0.4, 0.5) is 5.69 Å². The van der Waals surface area contributed by atoms with Crippen molar-refractivity contribution >= 4 is 11.6 Å². The van der Waals surface area contributed by atoms with Gasteiger partial charge in [0.2, 0.25) is 11.7 Å². The Morgan fingerprint density at radius 1 is 1.00 bits per heavy atom. The molecule has 0 aliphatic carbocycles. The number of carbonyl (C=O) groups is 1. The van der Waals surface area contributed by atoms with E-state index >= 15 is 0 Å². The molecule has 0 saturated heterocycles. The summed E-state index contributed by atoms with van der Waals surface area (Å²) < 4.78 is 0. The van der Waals surface area contributed by atoms with Gasteiger partial charge in [-0.25, -0.2) is 0 Å². The largest absolute Gasteiger partial charge is 0.324 e. The lowest BCUT2D eigenvalue weighted by atomic mass is 10.2. The summed E-state index contributed by atoms with van der Waals surface area (Å²) in [4.78, 5) is 13.2. The van der Waals surface area contributed by atoms with E-state index in [1.54, 1.807) is 0 Å². The standard InChI is InChI=1S/C15H13N5O/c21-14(16-13-9-5-2-6-10-13)11-20-18-15(17-19-20)12-7-3-1-4-8-12/h1-10H,11H2,(H,16,21). The number of benzene rings is 2. The molecule has 0 aliphatic rings. The van der Waals surface area contributed by atoms with Gasteiger partial charge < -0.3 is 5.32 Å². The first-order valence-electron chi connectivity index (χ1n) is 6.49. The summed E-state index contributed by atoms with van der Waals surface area (Å²) >= 11 is 0. The smallest absolute Gasteiger partial charge is 0.248 e. The Kier molecular flexibility index (Phi) is 3.68. The molecule has 0 unspecified atom stereocenters. The Balaban J connectivity index is 1.66. The third kappa shape index (κ3) is 3.30. The van der Waals surface area contributed by atoms with Gasteiger partial charge in [0.15, 0.2) is 0 Å². The van der Waals surface area contributed by atoms with Gasteiger partial charge in [0.05, 0.1) is 0 Å². The number of hydrogen-bond acceptors (Lipinski definition) is 4. The SMILES string of the molecule is O=C(Cn1nnc(-c2ccccc2)n1)Nc1ccccc1. The van der Waals surface area contributed by atoms with Crippen molar-refractivity contribution in [3.05, 3.63) is 60.7 Å². The van der Waals surface area contributed by atoms with Crippen molar-refractivity contribution < 1.29 is 4.79 Å². The predicted molar refractivity (Wildman–Crippen MR) is 78.3 cm³/mol. The van der Waals surface area contributed by atoms with Gasteiger partial charge in [-0.15, -0.1) is 10.2 Å². The van der Waals surface area contributed by atoms with Gasteiger partial charge in [0.25, 0.3) is 0 Å². The minimum Gasteiger partial charge on any atom is -0.324 e. The summed E-state index contributed by atoms with van der Waals surface area (Å²) in [6.07, 6.45) is 0.